The number of carbonyl (C=O) groups is 2. The van der Waals surface area contributed by atoms with Crippen molar-refractivity contribution >= 4 is 40.6 Å². The molecule has 4 rings (SSSR count). The lowest BCUT2D eigenvalue weighted by Gasteiger charge is -2.02. The molecule has 0 aliphatic rings. The average Bonchev–Trinajstić information content (AvgIpc) is 3.32. The number of aryl methyl sites for hydroxylation is 1. The SMILES string of the molecule is COC(=O)c1cc(C(=O)O)nc2ncnn12.Cc1nc2cc(CNCl)ccc2o1. The molecule has 2 N–H and O–H groups in total. The van der Waals surface area contributed by atoms with Crippen LogP contribution in [-0.4, -0.2) is 48.7 Å². The van der Waals surface area contributed by atoms with Crippen molar-refractivity contribution in [1.82, 2.24) is 29.4 Å². The molecule has 4 aromatic rings. The molecule has 3 aromatic heterocycles. The molecular formula is C17H15ClN6O5. The van der Waals surface area contributed by atoms with Crippen molar-refractivity contribution in [2.75, 3.05) is 7.11 Å². The lowest BCUT2D eigenvalue weighted by Crippen LogP contribution is -2.13. The molecule has 0 bridgehead atoms. The van der Waals surface area contributed by atoms with Crippen LogP contribution >= 0.6 is 11.8 Å². The number of hydrogen-bond acceptors (Lipinski definition) is 9. The maximum atomic E-state index is 11.4. The van der Waals surface area contributed by atoms with Crippen LogP contribution in [0.1, 0.15) is 32.4 Å². The molecule has 11 nitrogen and oxygen atoms in total. The van der Waals surface area contributed by atoms with Crippen molar-refractivity contribution < 1.29 is 23.8 Å². The number of carboxylic acids is 1. The number of esters is 1. The molecule has 0 aliphatic carbocycles. The standard InChI is InChI=1S/C9H9ClN2O.C8H6N4O4/c1-6-12-8-4-7(5-11-10)2-3-9(8)13-6;1-16-7(15)5-2-4(6(13)14)11-8-9-3-10-12(5)8/h2-4,11H,5H2,1H3;2-3H,1H3,(H,13,14). The molecule has 0 unspecified atom stereocenters. The number of carboxylic acid groups (broad SMARTS) is 1. The number of aromatic nitrogens is 5. The fourth-order valence-electron chi connectivity index (χ4n) is 2.45. The van der Waals surface area contributed by atoms with Gasteiger partial charge < -0.3 is 14.3 Å². The summed E-state index contributed by atoms with van der Waals surface area (Å²) in [5.41, 5.74) is 2.46. The quantitative estimate of drug-likeness (QED) is 0.372. The van der Waals surface area contributed by atoms with Crippen molar-refractivity contribution in [3.05, 3.63) is 53.4 Å². The Balaban J connectivity index is 0.000000169. The number of nitrogens with zero attached hydrogens (tertiary/aromatic N) is 5. The fourth-order valence-corrected chi connectivity index (χ4v) is 2.60. The van der Waals surface area contributed by atoms with Gasteiger partial charge in [0.15, 0.2) is 22.9 Å². The molecule has 0 fully saturated rings. The van der Waals surface area contributed by atoms with Crippen LogP contribution in [-0.2, 0) is 11.3 Å². The predicted octanol–water partition coefficient (Wildman–Crippen LogP) is 1.99. The molecule has 1 aromatic carbocycles. The van der Waals surface area contributed by atoms with Crippen molar-refractivity contribution in [2.24, 2.45) is 0 Å². The van der Waals surface area contributed by atoms with Crippen molar-refractivity contribution in [2.45, 2.75) is 13.5 Å². The summed E-state index contributed by atoms with van der Waals surface area (Å²) in [5, 5.41) is 12.5. The Bertz CT molecular complexity index is 1190. The van der Waals surface area contributed by atoms with Crippen molar-refractivity contribution in [1.29, 1.82) is 0 Å². The molecule has 0 radical (unpaired) electrons. The molecule has 0 atom stereocenters. The summed E-state index contributed by atoms with van der Waals surface area (Å²) in [7, 11) is 1.19. The van der Waals surface area contributed by atoms with Gasteiger partial charge in [-0.2, -0.15) is 14.6 Å². The van der Waals surface area contributed by atoms with Crippen LogP contribution in [0.4, 0.5) is 0 Å². The molecule has 0 saturated carbocycles. The monoisotopic (exact) mass is 418 g/mol. The van der Waals surface area contributed by atoms with E-state index in [1.165, 1.54) is 13.4 Å². The normalized spacial score (nSPS) is 10.6. The molecule has 3 heterocycles. The second-order valence-electron chi connectivity index (χ2n) is 5.64. The smallest absolute Gasteiger partial charge is 0.356 e. The minimum absolute atomic E-state index is 0.0281. The highest BCUT2D eigenvalue weighted by atomic mass is 35.5. The zero-order valence-electron chi connectivity index (χ0n) is 15.3. The predicted molar refractivity (Wildman–Crippen MR) is 101 cm³/mol. The zero-order chi connectivity index (χ0) is 21.0. The van der Waals surface area contributed by atoms with E-state index in [4.69, 9.17) is 21.3 Å². The highest BCUT2D eigenvalue weighted by molar-refractivity contribution is 6.13. The van der Waals surface area contributed by atoms with Gasteiger partial charge in [-0.15, -0.1) is 0 Å². The second kappa shape index (κ2) is 8.63. The van der Waals surface area contributed by atoms with Gasteiger partial charge in [-0.25, -0.2) is 24.4 Å². The van der Waals surface area contributed by atoms with Crippen LogP contribution in [0, 0.1) is 6.92 Å². The largest absolute Gasteiger partial charge is 0.477 e. The molecular weight excluding hydrogens is 404 g/mol. The minimum Gasteiger partial charge on any atom is -0.477 e. The number of oxazole rings is 1. The first-order valence-electron chi connectivity index (χ1n) is 8.15. The van der Waals surface area contributed by atoms with E-state index in [-0.39, 0.29) is 17.2 Å². The highest BCUT2D eigenvalue weighted by Gasteiger charge is 2.17. The number of rotatable bonds is 4. The Kier molecular flexibility index (Phi) is 6.00. The van der Waals surface area contributed by atoms with E-state index in [1.807, 2.05) is 25.1 Å². The van der Waals surface area contributed by atoms with Gasteiger partial charge in [-0.05, 0) is 29.5 Å². The molecule has 0 amide bonds. The summed E-state index contributed by atoms with van der Waals surface area (Å²) >= 11 is 5.40. The summed E-state index contributed by atoms with van der Waals surface area (Å²) < 4.78 is 10.9. The van der Waals surface area contributed by atoms with Gasteiger partial charge in [-0.3, -0.25) is 0 Å². The van der Waals surface area contributed by atoms with Crippen LogP contribution in [0.2, 0.25) is 0 Å². The van der Waals surface area contributed by atoms with Crippen LogP contribution in [0.25, 0.3) is 16.9 Å². The second-order valence-corrected chi connectivity index (χ2v) is 5.91. The van der Waals surface area contributed by atoms with E-state index in [0.717, 1.165) is 27.2 Å². The van der Waals surface area contributed by atoms with E-state index in [1.54, 1.807) is 0 Å². The van der Waals surface area contributed by atoms with E-state index >= 15 is 0 Å². The van der Waals surface area contributed by atoms with Gasteiger partial charge in [0.05, 0.1) is 7.11 Å². The fraction of sp³-hybridized carbons (Fsp3) is 0.176. The lowest BCUT2D eigenvalue weighted by molar-refractivity contribution is 0.0590. The first kappa shape index (κ1) is 20.2. The molecule has 0 aliphatic heterocycles. The minimum atomic E-state index is -1.25. The maximum absolute atomic E-state index is 11.4. The van der Waals surface area contributed by atoms with E-state index in [2.05, 4.69) is 29.6 Å². The first-order valence-corrected chi connectivity index (χ1v) is 8.52. The van der Waals surface area contributed by atoms with E-state index < -0.39 is 11.9 Å². The Morgan fingerprint density at radius 1 is 1.31 bits per heavy atom. The zero-order valence-corrected chi connectivity index (χ0v) is 16.0. The Labute approximate surface area is 168 Å². The number of halogens is 1. The topological polar surface area (TPSA) is 145 Å². The number of aromatic carboxylic acids is 1. The number of carbonyl (C=O) groups excluding carboxylic acids is 1. The Morgan fingerprint density at radius 3 is 2.79 bits per heavy atom. The van der Waals surface area contributed by atoms with Gasteiger partial charge in [-0.1, -0.05) is 6.07 Å². The third kappa shape index (κ3) is 4.47. The average molecular weight is 419 g/mol. The maximum Gasteiger partial charge on any atom is 0.356 e. The molecule has 0 saturated heterocycles. The third-order valence-electron chi connectivity index (χ3n) is 3.70. The summed E-state index contributed by atoms with van der Waals surface area (Å²) in [6.45, 7) is 2.46. The number of fused-ring (bicyclic) bond motifs is 2. The van der Waals surface area contributed by atoms with Gasteiger partial charge in [0.2, 0.25) is 0 Å². The summed E-state index contributed by atoms with van der Waals surface area (Å²) in [6.07, 6.45) is 1.17. The van der Waals surface area contributed by atoms with Crippen LogP contribution in [0.15, 0.2) is 35.0 Å². The van der Waals surface area contributed by atoms with Crippen molar-refractivity contribution in [3.8, 4) is 0 Å². The number of nitrogens with one attached hydrogen (secondary N) is 1. The van der Waals surface area contributed by atoms with Gasteiger partial charge >= 0.3 is 11.9 Å². The lowest BCUT2D eigenvalue weighted by atomic mass is 10.2. The van der Waals surface area contributed by atoms with Crippen molar-refractivity contribution in [3.63, 3.8) is 0 Å². The Morgan fingerprint density at radius 2 is 2.10 bits per heavy atom. The molecule has 0 spiro atoms. The first-order chi connectivity index (χ1) is 13.9. The van der Waals surface area contributed by atoms with Crippen LogP contribution in [0.3, 0.4) is 0 Å². The van der Waals surface area contributed by atoms with Crippen LogP contribution in [0.5, 0.6) is 0 Å². The third-order valence-corrected chi connectivity index (χ3v) is 3.83. The van der Waals surface area contributed by atoms with Gasteiger partial charge in [0, 0.05) is 19.5 Å². The molecule has 12 heteroatoms. The summed E-state index contributed by atoms with van der Waals surface area (Å²) in [6, 6.07) is 6.90. The molecule has 29 heavy (non-hydrogen) atoms. The summed E-state index contributed by atoms with van der Waals surface area (Å²) in [5.74, 6) is -1.25. The van der Waals surface area contributed by atoms with Gasteiger partial charge in [0.25, 0.3) is 5.78 Å². The van der Waals surface area contributed by atoms with Gasteiger partial charge in [0.1, 0.15) is 11.8 Å². The van der Waals surface area contributed by atoms with E-state index in [0.29, 0.717) is 12.4 Å². The molecule has 150 valence electrons. The van der Waals surface area contributed by atoms with E-state index in [9.17, 15) is 9.59 Å². The highest BCUT2D eigenvalue weighted by Crippen LogP contribution is 2.16. The number of ether oxygens (including phenoxy) is 1. The van der Waals surface area contributed by atoms with Crippen LogP contribution < -0.4 is 4.84 Å². The number of hydrogen-bond donors (Lipinski definition) is 2. The summed E-state index contributed by atoms with van der Waals surface area (Å²) in [4.78, 5) is 36.3. The Hall–Kier alpha value is -3.57. The number of methoxy groups -OCH3 is 1. The number of benzene rings is 1.